The van der Waals surface area contributed by atoms with Gasteiger partial charge in [0.05, 0.1) is 11.3 Å². The summed E-state index contributed by atoms with van der Waals surface area (Å²) in [4.78, 5) is 27.5. The summed E-state index contributed by atoms with van der Waals surface area (Å²) in [6.45, 7) is 5.01. The van der Waals surface area contributed by atoms with Crippen LogP contribution in [-0.4, -0.2) is 46.7 Å². The van der Waals surface area contributed by atoms with E-state index >= 15 is 0 Å². The lowest BCUT2D eigenvalue weighted by molar-refractivity contribution is 0.0174. The van der Waals surface area contributed by atoms with Crippen molar-refractivity contribution < 1.29 is 18.3 Å². The molecule has 5 rings (SSSR count). The number of carbonyl (C=O) groups excluding carboxylic acids is 1. The summed E-state index contributed by atoms with van der Waals surface area (Å²) in [5.41, 5.74) is 1.23. The summed E-state index contributed by atoms with van der Waals surface area (Å²) in [6.07, 6.45) is 3.16. The third-order valence-corrected chi connectivity index (χ3v) is 6.45. The number of pyridine rings is 1. The van der Waals surface area contributed by atoms with Gasteiger partial charge in [-0.2, -0.15) is 0 Å². The van der Waals surface area contributed by atoms with Crippen LogP contribution in [-0.2, 0) is 10.7 Å². The highest BCUT2D eigenvalue weighted by molar-refractivity contribution is 5.88. The summed E-state index contributed by atoms with van der Waals surface area (Å²) in [5.74, 6) is -2.04. The molecule has 2 N–H and O–H groups in total. The molecule has 1 aliphatic carbocycles. The number of ether oxygens (including phenoxy) is 1. The Balaban J connectivity index is 1.64. The molecule has 32 heavy (non-hydrogen) atoms. The standard InChI is InChI=1S/C22H26F2N6O2/c1-12-10-30(7-6-25-12)16-9-14(22(2,23)24)8-15(28-16)18-17-19(13-4-3-5-13)32-21(31)29-20(17)27-11-26-18/h8-9,11-13,19,25H,3-7,10H2,1-2H3,(H,26,27,29,31)/t12-,19?/m0/s1. The zero-order chi connectivity index (χ0) is 22.5. The van der Waals surface area contributed by atoms with E-state index in [0.717, 1.165) is 32.7 Å². The van der Waals surface area contributed by atoms with E-state index in [4.69, 9.17) is 9.72 Å². The van der Waals surface area contributed by atoms with Gasteiger partial charge in [-0.15, -0.1) is 0 Å². The quantitative estimate of drug-likeness (QED) is 0.740. The van der Waals surface area contributed by atoms with Gasteiger partial charge < -0.3 is 15.0 Å². The molecule has 3 aliphatic rings. The monoisotopic (exact) mass is 444 g/mol. The lowest BCUT2D eigenvalue weighted by Gasteiger charge is -2.37. The van der Waals surface area contributed by atoms with Gasteiger partial charge in [0.1, 0.15) is 29.8 Å². The van der Waals surface area contributed by atoms with E-state index in [-0.39, 0.29) is 17.5 Å². The van der Waals surface area contributed by atoms with Crippen LogP contribution in [0.5, 0.6) is 0 Å². The fourth-order valence-corrected chi connectivity index (χ4v) is 4.54. The summed E-state index contributed by atoms with van der Waals surface area (Å²) < 4.78 is 34.5. The van der Waals surface area contributed by atoms with Gasteiger partial charge in [0.25, 0.3) is 5.92 Å². The Labute approximate surface area is 184 Å². The third kappa shape index (κ3) is 3.87. The molecule has 2 fully saturated rings. The van der Waals surface area contributed by atoms with Crippen molar-refractivity contribution in [2.24, 2.45) is 5.92 Å². The number of nitrogens with zero attached hydrogens (tertiary/aromatic N) is 4. The molecular formula is C22H26F2N6O2. The van der Waals surface area contributed by atoms with Crippen LogP contribution in [0.25, 0.3) is 11.4 Å². The number of cyclic esters (lactones) is 1. The Bertz CT molecular complexity index is 1040. The molecule has 2 aromatic heterocycles. The van der Waals surface area contributed by atoms with Crippen molar-refractivity contribution in [3.05, 3.63) is 29.6 Å². The van der Waals surface area contributed by atoms with Gasteiger partial charge in [-0.25, -0.2) is 28.5 Å². The number of hydrogen-bond donors (Lipinski definition) is 2. The van der Waals surface area contributed by atoms with Crippen molar-refractivity contribution >= 4 is 17.7 Å². The molecule has 0 bridgehead atoms. The first-order chi connectivity index (χ1) is 15.3. The van der Waals surface area contributed by atoms with Crippen LogP contribution in [0.2, 0.25) is 0 Å². The van der Waals surface area contributed by atoms with Gasteiger partial charge in [-0.1, -0.05) is 6.42 Å². The number of rotatable bonds is 4. The molecule has 170 valence electrons. The number of aromatic nitrogens is 3. The second-order valence-corrected chi connectivity index (χ2v) is 8.92. The van der Waals surface area contributed by atoms with Crippen molar-refractivity contribution in [3.63, 3.8) is 0 Å². The van der Waals surface area contributed by atoms with Gasteiger partial charge in [0.15, 0.2) is 0 Å². The van der Waals surface area contributed by atoms with E-state index in [2.05, 4.69) is 27.5 Å². The predicted molar refractivity (Wildman–Crippen MR) is 115 cm³/mol. The van der Waals surface area contributed by atoms with E-state index < -0.39 is 18.1 Å². The molecule has 4 heterocycles. The number of piperazine rings is 1. The Morgan fingerprint density at radius 1 is 1.25 bits per heavy atom. The molecule has 8 nitrogen and oxygen atoms in total. The van der Waals surface area contributed by atoms with E-state index in [1.165, 1.54) is 18.5 Å². The maximum Gasteiger partial charge on any atom is 0.413 e. The Kier molecular flexibility index (Phi) is 5.19. The van der Waals surface area contributed by atoms with Gasteiger partial charge >= 0.3 is 6.09 Å². The number of carbonyl (C=O) groups is 1. The van der Waals surface area contributed by atoms with Gasteiger partial charge in [0, 0.05) is 44.1 Å². The molecule has 1 amide bonds. The highest BCUT2D eigenvalue weighted by Crippen LogP contribution is 2.47. The van der Waals surface area contributed by atoms with Gasteiger partial charge in [0.2, 0.25) is 0 Å². The number of hydrogen-bond acceptors (Lipinski definition) is 7. The Morgan fingerprint density at radius 2 is 2.06 bits per heavy atom. The number of fused-ring (bicyclic) bond motifs is 1. The van der Waals surface area contributed by atoms with Crippen molar-refractivity contribution in [1.82, 2.24) is 20.3 Å². The topological polar surface area (TPSA) is 92.3 Å². The lowest BCUT2D eigenvalue weighted by Crippen LogP contribution is -2.49. The zero-order valence-corrected chi connectivity index (χ0v) is 18.1. The summed E-state index contributed by atoms with van der Waals surface area (Å²) in [5, 5.41) is 5.98. The second-order valence-electron chi connectivity index (χ2n) is 8.92. The number of amides is 1. The Morgan fingerprint density at radius 3 is 2.75 bits per heavy atom. The number of nitrogens with one attached hydrogen (secondary N) is 2. The molecule has 0 radical (unpaired) electrons. The molecule has 2 aromatic rings. The van der Waals surface area contributed by atoms with Crippen LogP contribution >= 0.6 is 0 Å². The zero-order valence-electron chi connectivity index (χ0n) is 18.1. The number of alkyl halides is 2. The highest BCUT2D eigenvalue weighted by Gasteiger charge is 2.40. The lowest BCUT2D eigenvalue weighted by atomic mass is 9.77. The largest absolute Gasteiger partial charge is 0.441 e. The first kappa shape index (κ1) is 21.0. The molecule has 0 spiro atoms. The second kappa shape index (κ2) is 7.91. The smallest absolute Gasteiger partial charge is 0.413 e. The van der Waals surface area contributed by atoms with Crippen LogP contribution in [0.4, 0.5) is 25.2 Å². The van der Waals surface area contributed by atoms with Crippen molar-refractivity contribution in [2.75, 3.05) is 29.9 Å². The van der Waals surface area contributed by atoms with Gasteiger partial charge in [-0.05, 0) is 31.9 Å². The van der Waals surface area contributed by atoms with E-state index in [1.807, 2.05) is 4.90 Å². The van der Waals surface area contributed by atoms with Crippen molar-refractivity contribution in [3.8, 4) is 11.4 Å². The fourth-order valence-electron chi connectivity index (χ4n) is 4.54. The van der Waals surface area contributed by atoms with Crippen molar-refractivity contribution in [2.45, 2.75) is 51.2 Å². The minimum absolute atomic E-state index is 0.128. The summed E-state index contributed by atoms with van der Waals surface area (Å²) in [6, 6.07) is 3.06. The summed E-state index contributed by atoms with van der Waals surface area (Å²) >= 11 is 0. The van der Waals surface area contributed by atoms with Crippen LogP contribution in [0.1, 0.15) is 50.3 Å². The molecule has 2 atom stereocenters. The average Bonchev–Trinajstić information content (AvgIpc) is 2.71. The maximum atomic E-state index is 14.5. The van der Waals surface area contributed by atoms with Crippen LogP contribution in [0.3, 0.4) is 0 Å². The molecule has 0 aromatic carbocycles. The fraction of sp³-hybridized carbons (Fsp3) is 0.545. The van der Waals surface area contributed by atoms with E-state index in [1.54, 1.807) is 0 Å². The summed E-state index contributed by atoms with van der Waals surface area (Å²) in [7, 11) is 0. The van der Waals surface area contributed by atoms with Crippen LogP contribution in [0.15, 0.2) is 18.5 Å². The third-order valence-electron chi connectivity index (χ3n) is 6.45. The SMILES string of the molecule is C[C@H]1CN(c2cc(C(C)(F)F)cc(-c3ncnc4c3C(C3CCC3)OC(=O)N4)n2)CCN1. The Hall–Kier alpha value is -2.88. The van der Waals surface area contributed by atoms with Crippen molar-refractivity contribution in [1.29, 1.82) is 0 Å². The van der Waals surface area contributed by atoms with E-state index in [9.17, 15) is 13.6 Å². The minimum Gasteiger partial charge on any atom is -0.441 e. The average molecular weight is 444 g/mol. The normalized spacial score (nSPS) is 23.8. The highest BCUT2D eigenvalue weighted by atomic mass is 19.3. The van der Waals surface area contributed by atoms with Crippen LogP contribution in [0, 0.1) is 5.92 Å². The number of halogens is 2. The molecule has 1 saturated heterocycles. The minimum atomic E-state index is -3.04. The molecule has 1 unspecified atom stereocenters. The molecule has 10 heteroatoms. The van der Waals surface area contributed by atoms with Crippen LogP contribution < -0.4 is 15.5 Å². The maximum absolute atomic E-state index is 14.5. The van der Waals surface area contributed by atoms with E-state index in [0.29, 0.717) is 41.7 Å². The number of anilines is 2. The molecule has 1 saturated carbocycles. The molecule has 2 aliphatic heterocycles. The first-order valence-electron chi connectivity index (χ1n) is 11.0. The molecular weight excluding hydrogens is 418 g/mol. The predicted octanol–water partition coefficient (Wildman–Crippen LogP) is 3.85. The van der Waals surface area contributed by atoms with Gasteiger partial charge in [-0.3, -0.25) is 5.32 Å². The first-order valence-corrected chi connectivity index (χ1v) is 11.0.